The molecule has 2 N–H and O–H groups in total. The zero-order valence-corrected chi connectivity index (χ0v) is 11.1. The molecule has 110 valence electrons. The first-order valence-electron chi connectivity index (χ1n) is 6.53. The van der Waals surface area contributed by atoms with Crippen molar-refractivity contribution in [2.75, 3.05) is 0 Å². The first-order chi connectivity index (χ1) is 10.5. The summed E-state index contributed by atoms with van der Waals surface area (Å²) in [5.74, 6) is -0.516. The molecule has 4 nitrogen and oxygen atoms in total. The van der Waals surface area contributed by atoms with Gasteiger partial charge in [0.2, 0.25) is 5.82 Å². The molecule has 2 heterocycles. The van der Waals surface area contributed by atoms with Crippen LogP contribution in [-0.4, -0.2) is 19.9 Å². The molecule has 0 aliphatic rings. The third-order valence-corrected chi connectivity index (χ3v) is 3.43. The molecule has 0 saturated carbocycles. The number of hydrogen-bond acceptors (Lipinski definition) is 2. The number of aromatic nitrogens is 4. The van der Waals surface area contributed by atoms with Gasteiger partial charge < -0.3 is 9.97 Å². The number of rotatable bonds is 1. The number of hydrogen-bond donors (Lipinski definition) is 2. The van der Waals surface area contributed by atoms with Crippen LogP contribution in [0, 0.1) is 0 Å². The van der Waals surface area contributed by atoms with Gasteiger partial charge in [0.05, 0.1) is 22.1 Å². The molecule has 0 bridgehead atoms. The van der Waals surface area contributed by atoms with Crippen molar-refractivity contribution in [3.05, 3.63) is 48.3 Å². The van der Waals surface area contributed by atoms with Gasteiger partial charge in [0.25, 0.3) is 0 Å². The van der Waals surface area contributed by atoms with Crippen LogP contribution in [0.1, 0.15) is 5.82 Å². The van der Waals surface area contributed by atoms with Crippen LogP contribution in [0.25, 0.3) is 33.5 Å². The molecule has 0 spiro atoms. The molecule has 2 aromatic carbocycles. The molecule has 4 aromatic rings. The lowest BCUT2D eigenvalue weighted by Crippen LogP contribution is -2.06. The second-order valence-electron chi connectivity index (χ2n) is 4.89. The quantitative estimate of drug-likeness (QED) is 0.555. The van der Waals surface area contributed by atoms with Crippen LogP contribution in [0.3, 0.4) is 0 Å². The number of aromatic amines is 2. The van der Waals surface area contributed by atoms with Gasteiger partial charge in [-0.3, -0.25) is 0 Å². The summed E-state index contributed by atoms with van der Waals surface area (Å²) in [6, 6.07) is 12.3. The van der Waals surface area contributed by atoms with Crippen molar-refractivity contribution < 1.29 is 13.2 Å². The maximum absolute atomic E-state index is 12.8. The second-order valence-corrected chi connectivity index (χ2v) is 4.89. The van der Waals surface area contributed by atoms with E-state index in [0.29, 0.717) is 16.9 Å². The van der Waals surface area contributed by atoms with Crippen LogP contribution in [0.2, 0.25) is 0 Å². The van der Waals surface area contributed by atoms with Crippen LogP contribution < -0.4 is 0 Å². The number of nitrogens with one attached hydrogen (secondary N) is 2. The van der Waals surface area contributed by atoms with Gasteiger partial charge in [-0.15, -0.1) is 0 Å². The zero-order valence-electron chi connectivity index (χ0n) is 11.1. The van der Waals surface area contributed by atoms with Crippen molar-refractivity contribution in [2.24, 2.45) is 0 Å². The number of H-pyrrole nitrogens is 2. The Labute approximate surface area is 122 Å². The fourth-order valence-corrected chi connectivity index (χ4v) is 2.44. The van der Waals surface area contributed by atoms with Gasteiger partial charge in [-0.25, -0.2) is 9.97 Å². The summed E-state index contributed by atoms with van der Waals surface area (Å²) in [6.07, 6.45) is -4.51. The second kappa shape index (κ2) is 4.33. The summed E-state index contributed by atoms with van der Waals surface area (Å²) >= 11 is 0. The van der Waals surface area contributed by atoms with E-state index in [2.05, 4.69) is 19.9 Å². The highest BCUT2D eigenvalue weighted by atomic mass is 19.4. The zero-order chi connectivity index (χ0) is 15.3. The normalized spacial score (nSPS) is 12.3. The lowest BCUT2D eigenvalue weighted by atomic mass is 10.2. The van der Waals surface area contributed by atoms with Gasteiger partial charge in [-0.05, 0) is 24.3 Å². The van der Waals surface area contributed by atoms with Crippen molar-refractivity contribution in [2.45, 2.75) is 6.18 Å². The highest BCUT2D eigenvalue weighted by molar-refractivity contribution is 5.92. The maximum atomic E-state index is 12.8. The fourth-order valence-electron chi connectivity index (χ4n) is 2.44. The van der Waals surface area contributed by atoms with Crippen molar-refractivity contribution in [3.8, 4) is 11.4 Å². The summed E-state index contributed by atoms with van der Waals surface area (Å²) in [7, 11) is 0. The van der Waals surface area contributed by atoms with Crippen molar-refractivity contribution in [3.63, 3.8) is 0 Å². The average molecular weight is 302 g/mol. The molecule has 0 radical (unpaired) electrons. The van der Waals surface area contributed by atoms with Crippen molar-refractivity contribution in [1.82, 2.24) is 19.9 Å². The molecule has 0 saturated heterocycles. The van der Waals surface area contributed by atoms with E-state index < -0.39 is 12.0 Å². The summed E-state index contributed by atoms with van der Waals surface area (Å²) < 4.78 is 38.4. The summed E-state index contributed by atoms with van der Waals surface area (Å²) in [4.78, 5) is 13.5. The van der Waals surface area contributed by atoms with Crippen LogP contribution in [0.15, 0.2) is 42.5 Å². The highest BCUT2D eigenvalue weighted by Crippen LogP contribution is 2.32. The standard InChI is InChI=1S/C15H9F3N4/c16-15(17,18)14-21-11-7-3-4-8(12(11)22-14)13-19-9-5-1-2-6-10(9)20-13/h1-7H,(H,19,20)(H,21,22). The van der Waals surface area contributed by atoms with E-state index in [4.69, 9.17) is 0 Å². The first kappa shape index (κ1) is 12.9. The molecule has 0 fully saturated rings. The Bertz CT molecular complexity index is 948. The Morgan fingerprint density at radius 3 is 2.36 bits per heavy atom. The summed E-state index contributed by atoms with van der Waals surface area (Å²) in [6.45, 7) is 0. The minimum atomic E-state index is -4.51. The minimum Gasteiger partial charge on any atom is -0.338 e. The van der Waals surface area contributed by atoms with Crippen LogP contribution in [0.4, 0.5) is 13.2 Å². The van der Waals surface area contributed by atoms with Gasteiger partial charge in [0, 0.05) is 5.56 Å². The SMILES string of the molecule is FC(F)(F)c1nc2c(-c3nc4ccccc4[nH]3)cccc2[nH]1. The van der Waals surface area contributed by atoms with Gasteiger partial charge in [0.1, 0.15) is 5.82 Å². The van der Waals surface area contributed by atoms with E-state index in [1.165, 1.54) is 0 Å². The Balaban J connectivity index is 1.96. The largest absolute Gasteiger partial charge is 0.449 e. The molecule has 7 heteroatoms. The molecule has 2 aromatic heterocycles. The predicted octanol–water partition coefficient (Wildman–Crippen LogP) is 4.13. The van der Waals surface area contributed by atoms with E-state index in [9.17, 15) is 13.2 Å². The van der Waals surface area contributed by atoms with E-state index in [1.54, 1.807) is 18.2 Å². The third-order valence-electron chi connectivity index (χ3n) is 3.43. The molecule has 0 aliphatic carbocycles. The fraction of sp³-hybridized carbons (Fsp3) is 0.0667. The van der Waals surface area contributed by atoms with E-state index in [0.717, 1.165) is 11.0 Å². The Kier molecular flexibility index (Phi) is 2.53. The van der Waals surface area contributed by atoms with Crippen molar-refractivity contribution >= 4 is 22.1 Å². The average Bonchev–Trinajstić information content (AvgIpc) is 3.10. The number of benzene rings is 2. The van der Waals surface area contributed by atoms with E-state index >= 15 is 0 Å². The Hall–Kier alpha value is -2.83. The molecule has 0 aliphatic heterocycles. The molecular formula is C15H9F3N4. The molecule has 0 unspecified atom stereocenters. The number of para-hydroxylation sites is 3. The number of halogens is 3. The topological polar surface area (TPSA) is 57.4 Å². The minimum absolute atomic E-state index is 0.244. The lowest BCUT2D eigenvalue weighted by molar-refractivity contribution is -0.144. The molecule has 0 atom stereocenters. The summed E-state index contributed by atoms with van der Waals surface area (Å²) in [5.41, 5.74) is 2.67. The Morgan fingerprint density at radius 1 is 0.818 bits per heavy atom. The molecular weight excluding hydrogens is 293 g/mol. The third kappa shape index (κ3) is 1.93. The monoisotopic (exact) mass is 302 g/mol. The highest BCUT2D eigenvalue weighted by Gasteiger charge is 2.35. The smallest absolute Gasteiger partial charge is 0.338 e. The van der Waals surface area contributed by atoms with Gasteiger partial charge in [-0.1, -0.05) is 18.2 Å². The predicted molar refractivity (Wildman–Crippen MR) is 76.2 cm³/mol. The number of fused-ring (bicyclic) bond motifs is 2. The molecule has 0 amide bonds. The van der Waals surface area contributed by atoms with Crippen molar-refractivity contribution in [1.29, 1.82) is 0 Å². The molecule has 4 rings (SSSR count). The van der Waals surface area contributed by atoms with Gasteiger partial charge in [0.15, 0.2) is 0 Å². The number of imidazole rings is 2. The van der Waals surface area contributed by atoms with E-state index in [-0.39, 0.29) is 5.52 Å². The van der Waals surface area contributed by atoms with Gasteiger partial charge >= 0.3 is 6.18 Å². The maximum Gasteiger partial charge on any atom is 0.449 e. The van der Waals surface area contributed by atoms with Gasteiger partial charge in [-0.2, -0.15) is 13.2 Å². The number of nitrogens with zero attached hydrogens (tertiary/aromatic N) is 2. The Morgan fingerprint density at radius 2 is 1.59 bits per heavy atom. The first-order valence-corrected chi connectivity index (χ1v) is 6.53. The van der Waals surface area contributed by atoms with Crippen LogP contribution in [-0.2, 0) is 6.18 Å². The number of alkyl halides is 3. The van der Waals surface area contributed by atoms with Crippen LogP contribution >= 0.6 is 0 Å². The molecule has 22 heavy (non-hydrogen) atoms. The van der Waals surface area contributed by atoms with Crippen LogP contribution in [0.5, 0.6) is 0 Å². The summed E-state index contributed by atoms with van der Waals surface area (Å²) in [5, 5.41) is 0. The lowest BCUT2D eigenvalue weighted by Gasteiger charge is -1.99. The van der Waals surface area contributed by atoms with E-state index in [1.807, 2.05) is 24.3 Å².